The van der Waals surface area contributed by atoms with Gasteiger partial charge in [0.25, 0.3) is 0 Å². The number of rotatable bonds is 4. The van der Waals surface area contributed by atoms with Crippen LogP contribution < -0.4 is 10.2 Å². The summed E-state index contributed by atoms with van der Waals surface area (Å²) in [6.07, 6.45) is 2.42. The summed E-state index contributed by atoms with van der Waals surface area (Å²) in [5, 5.41) is 3.16. The van der Waals surface area contributed by atoms with Crippen molar-refractivity contribution in [2.75, 3.05) is 25.0 Å². The van der Waals surface area contributed by atoms with Crippen molar-refractivity contribution in [1.29, 1.82) is 0 Å². The van der Waals surface area contributed by atoms with Crippen LogP contribution in [0.4, 0.5) is 10.1 Å². The minimum Gasteiger partial charge on any atom is -0.371 e. The molecule has 1 fully saturated rings. The zero-order valence-electron chi connectivity index (χ0n) is 13.1. The van der Waals surface area contributed by atoms with Crippen LogP contribution in [0.15, 0.2) is 18.2 Å². The molecule has 0 aliphatic carbocycles. The van der Waals surface area contributed by atoms with Gasteiger partial charge < -0.3 is 10.2 Å². The summed E-state index contributed by atoms with van der Waals surface area (Å²) in [4.78, 5) is 2.35. The molecule has 1 atom stereocenters. The highest BCUT2D eigenvalue weighted by Crippen LogP contribution is 2.33. The fourth-order valence-corrected chi connectivity index (χ4v) is 3.18. The summed E-state index contributed by atoms with van der Waals surface area (Å²) < 4.78 is 14.2. The second-order valence-electron chi connectivity index (χ2n) is 6.25. The van der Waals surface area contributed by atoms with E-state index in [2.05, 4.69) is 30.1 Å². The molecule has 0 aromatic heterocycles. The van der Waals surface area contributed by atoms with Gasteiger partial charge in [0.1, 0.15) is 5.82 Å². The zero-order chi connectivity index (χ0) is 14.7. The van der Waals surface area contributed by atoms with Crippen molar-refractivity contribution in [1.82, 2.24) is 5.32 Å². The third kappa shape index (κ3) is 3.14. The van der Waals surface area contributed by atoms with Crippen molar-refractivity contribution < 1.29 is 4.39 Å². The molecule has 2 rings (SSSR count). The normalized spacial score (nSPS) is 18.6. The summed E-state index contributed by atoms with van der Waals surface area (Å²) in [6.45, 7) is 8.70. The predicted octanol–water partition coefficient (Wildman–Crippen LogP) is 3.98. The number of halogens is 1. The molecule has 0 saturated carbocycles. The number of anilines is 1. The van der Waals surface area contributed by atoms with Gasteiger partial charge >= 0.3 is 0 Å². The van der Waals surface area contributed by atoms with Gasteiger partial charge in [-0.2, -0.15) is 0 Å². The highest BCUT2D eigenvalue weighted by Gasteiger charge is 2.25. The quantitative estimate of drug-likeness (QED) is 0.896. The van der Waals surface area contributed by atoms with E-state index in [9.17, 15) is 4.39 Å². The largest absolute Gasteiger partial charge is 0.371 e. The van der Waals surface area contributed by atoms with E-state index in [1.54, 1.807) is 6.07 Å². The lowest BCUT2D eigenvalue weighted by Crippen LogP contribution is -2.36. The fourth-order valence-electron chi connectivity index (χ4n) is 3.18. The highest BCUT2D eigenvalue weighted by molar-refractivity contribution is 5.55. The summed E-state index contributed by atoms with van der Waals surface area (Å²) in [5.41, 5.74) is 1.87. The molecule has 1 saturated heterocycles. The van der Waals surface area contributed by atoms with Crippen molar-refractivity contribution in [2.45, 2.75) is 39.7 Å². The summed E-state index contributed by atoms with van der Waals surface area (Å²) in [7, 11) is 1.88. The molecule has 0 amide bonds. The van der Waals surface area contributed by atoms with Crippen LogP contribution in [0.25, 0.3) is 0 Å². The van der Waals surface area contributed by atoms with E-state index in [0.29, 0.717) is 0 Å². The first-order valence-corrected chi connectivity index (χ1v) is 7.75. The van der Waals surface area contributed by atoms with E-state index in [4.69, 9.17) is 0 Å². The summed E-state index contributed by atoms with van der Waals surface area (Å²) in [5.74, 6) is 1.46. The van der Waals surface area contributed by atoms with E-state index in [0.717, 1.165) is 36.2 Å². The van der Waals surface area contributed by atoms with E-state index < -0.39 is 0 Å². The molecule has 1 aliphatic heterocycles. The van der Waals surface area contributed by atoms with Crippen LogP contribution >= 0.6 is 0 Å². The monoisotopic (exact) mass is 278 g/mol. The number of piperidine rings is 1. The Morgan fingerprint density at radius 3 is 2.40 bits per heavy atom. The Kier molecular flexibility index (Phi) is 5.03. The Bertz CT molecular complexity index is 437. The molecule has 0 spiro atoms. The first kappa shape index (κ1) is 15.3. The van der Waals surface area contributed by atoms with Gasteiger partial charge in [-0.05, 0) is 50.8 Å². The smallest absolute Gasteiger partial charge is 0.130 e. The van der Waals surface area contributed by atoms with Crippen molar-refractivity contribution in [3.63, 3.8) is 0 Å². The average Bonchev–Trinajstić information content (AvgIpc) is 2.46. The lowest BCUT2D eigenvalue weighted by Gasteiger charge is -2.37. The summed E-state index contributed by atoms with van der Waals surface area (Å²) >= 11 is 0. The standard InChI is InChI=1S/C17H27FN2/c1-12(2)14-8-10-20(11-9-14)16-7-5-6-15(18)17(16)13(3)19-4/h5-7,12-14,19H,8-11H2,1-4H3. The van der Waals surface area contributed by atoms with Gasteiger partial charge in [-0.1, -0.05) is 19.9 Å². The molecule has 2 nitrogen and oxygen atoms in total. The molecule has 20 heavy (non-hydrogen) atoms. The van der Waals surface area contributed by atoms with Crippen molar-refractivity contribution in [3.05, 3.63) is 29.6 Å². The minimum absolute atomic E-state index is 0.0361. The Balaban J connectivity index is 2.20. The first-order chi connectivity index (χ1) is 9.54. The van der Waals surface area contributed by atoms with Crippen LogP contribution in [0.5, 0.6) is 0 Å². The van der Waals surface area contributed by atoms with E-state index in [1.807, 2.05) is 20.0 Å². The van der Waals surface area contributed by atoms with E-state index >= 15 is 0 Å². The topological polar surface area (TPSA) is 15.3 Å². The molecule has 112 valence electrons. The first-order valence-electron chi connectivity index (χ1n) is 7.75. The second kappa shape index (κ2) is 6.57. The number of benzene rings is 1. The zero-order valence-corrected chi connectivity index (χ0v) is 13.1. The Morgan fingerprint density at radius 1 is 1.20 bits per heavy atom. The maximum absolute atomic E-state index is 14.2. The molecule has 0 radical (unpaired) electrons. The highest BCUT2D eigenvalue weighted by atomic mass is 19.1. The number of nitrogens with zero attached hydrogens (tertiary/aromatic N) is 1. The van der Waals surface area contributed by atoms with Crippen molar-refractivity contribution in [3.8, 4) is 0 Å². The third-order valence-electron chi connectivity index (χ3n) is 4.72. The molecule has 1 unspecified atom stereocenters. The van der Waals surface area contributed by atoms with Gasteiger partial charge in [-0.25, -0.2) is 4.39 Å². The van der Waals surface area contributed by atoms with E-state index in [-0.39, 0.29) is 11.9 Å². The number of hydrogen-bond donors (Lipinski definition) is 1. The summed E-state index contributed by atoms with van der Waals surface area (Å²) in [6, 6.07) is 5.48. The van der Waals surface area contributed by atoms with Crippen LogP contribution in [0.2, 0.25) is 0 Å². The second-order valence-corrected chi connectivity index (χ2v) is 6.25. The molecule has 3 heteroatoms. The predicted molar refractivity (Wildman–Crippen MR) is 83.6 cm³/mol. The van der Waals surface area contributed by atoms with Crippen molar-refractivity contribution >= 4 is 5.69 Å². The van der Waals surface area contributed by atoms with Gasteiger partial charge in [0.05, 0.1) is 0 Å². The molecule has 0 bridgehead atoms. The molecule has 1 aliphatic rings. The maximum Gasteiger partial charge on any atom is 0.130 e. The fraction of sp³-hybridized carbons (Fsp3) is 0.647. The third-order valence-corrected chi connectivity index (χ3v) is 4.72. The van der Waals surface area contributed by atoms with Gasteiger partial charge in [-0.3, -0.25) is 0 Å². The maximum atomic E-state index is 14.2. The van der Waals surface area contributed by atoms with Gasteiger partial charge in [0, 0.05) is 30.4 Å². The van der Waals surface area contributed by atoms with Crippen LogP contribution in [-0.4, -0.2) is 20.1 Å². The van der Waals surface area contributed by atoms with Gasteiger partial charge in [0.15, 0.2) is 0 Å². The lowest BCUT2D eigenvalue weighted by molar-refractivity contribution is 0.311. The Hall–Kier alpha value is -1.09. The number of nitrogens with one attached hydrogen (secondary N) is 1. The Labute approximate surface area is 122 Å². The molecule has 1 heterocycles. The van der Waals surface area contributed by atoms with Crippen LogP contribution in [0.3, 0.4) is 0 Å². The Morgan fingerprint density at radius 2 is 1.85 bits per heavy atom. The van der Waals surface area contributed by atoms with E-state index in [1.165, 1.54) is 12.8 Å². The molecule has 1 aromatic carbocycles. The van der Waals surface area contributed by atoms with Gasteiger partial charge in [0.2, 0.25) is 0 Å². The lowest BCUT2D eigenvalue weighted by atomic mass is 9.86. The molecular weight excluding hydrogens is 251 g/mol. The van der Waals surface area contributed by atoms with Crippen LogP contribution in [-0.2, 0) is 0 Å². The number of hydrogen-bond acceptors (Lipinski definition) is 2. The van der Waals surface area contributed by atoms with Gasteiger partial charge in [-0.15, -0.1) is 0 Å². The molecular formula is C17H27FN2. The van der Waals surface area contributed by atoms with Crippen LogP contribution in [0.1, 0.15) is 45.2 Å². The average molecular weight is 278 g/mol. The van der Waals surface area contributed by atoms with Crippen LogP contribution in [0, 0.1) is 17.7 Å². The van der Waals surface area contributed by atoms with Crippen molar-refractivity contribution in [2.24, 2.45) is 11.8 Å². The molecule has 1 aromatic rings. The molecule has 1 N–H and O–H groups in total. The SMILES string of the molecule is CNC(C)c1c(F)cccc1N1CCC(C(C)C)CC1. The minimum atomic E-state index is -0.102.